The number of carbonyl (C=O) groups is 3. The van der Waals surface area contributed by atoms with Crippen LogP contribution in [-0.4, -0.2) is 64.7 Å². The lowest BCUT2D eigenvalue weighted by Crippen LogP contribution is -2.55. The quantitative estimate of drug-likeness (QED) is 0.522. The van der Waals surface area contributed by atoms with E-state index in [2.05, 4.69) is 18.5 Å². The van der Waals surface area contributed by atoms with E-state index >= 15 is 0 Å². The van der Waals surface area contributed by atoms with Crippen LogP contribution < -0.4 is 5.32 Å². The molecule has 1 N–H and O–H groups in total. The number of hydrogen-bond donors (Lipinski definition) is 1. The zero-order valence-corrected chi connectivity index (χ0v) is 22.6. The van der Waals surface area contributed by atoms with Crippen LogP contribution in [0.15, 0.2) is 43.5 Å². The number of nitrogens with zero attached hydrogens (tertiary/aromatic N) is 2. The van der Waals surface area contributed by atoms with E-state index in [9.17, 15) is 14.4 Å². The van der Waals surface area contributed by atoms with Gasteiger partial charge in [0.1, 0.15) is 18.2 Å². The van der Waals surface area contributed by atoms with Gasteiger partial charge in [-0.2, -0.15) is 0 Å². The van der Waals surface area contributed by atoms with Crippen molar-refractivity contribution in [3.8, 4) is 0 Å². The van der Waals surface area contributed by atoms with E-state index in [1.165, 1.54) is 0 Å². The molecule has 3 fully saturated rings. The molecule has 3 atom stereocenters. The van der Waals surface area contributed by atoms with Crippen LogP contribution in [0.25, 0.3) is 0 Å². The van der Waals surface area contributed by atoms with Crippen molar-refractivity contribution in [3.05, 3.63) is 49.1 Å². The van der Waals surface area contributed by atoms with Gasteiger partial charge in [-0.05, 0) is 57.9 Å². The molecule has 1 aromatic rings. The van der Waals surface area contributed by atoms with Gasteiger partial charge in [-0.15, -0.1) is 13.2 Å². The van der Waals surface area contributed by atoms with Gasteiger partial charge in [0.05, 0.1) is 12.1 Å². The fourth-order valence-electron chi connectivity index (χ4n) is 5.75. The minimum atomic E-state index is -0.630. The van der Waals surface area contributed by atoms with Crippen LogP contribution in [-0.2, 0) is 20.9 Å². The molecular formula is C29H45N3O5. The van der Waals surface area contributed by atoms with Crippen LogP contribution in [0.5, 0.6) is 0 Å². The summed E-state index contributed by atoms with van der Waals surface area (Å²) in [5.74, 6) is 0.0610. The molecule has 0 radical (unpaired) electrons. The Morgan fingerprint density at radius 1 is 0.973 bits per heavy atom. The van der Waals surface area contributed by atoms with Crippen LogP contribution in [0.2, 0.25) is 0 Å². The summed E-state index contributed by atoms with van der Waals surface area (Å²) in [5.41, 5.74) is 0.318. The fourth-order valence-corrected chi connectivity index (χ4v) is 5.75. The van der Waals surface area contributed by atoms with Gasteiger partial charge >= 0.3 is 12.2 Å². The molecule has 8 nitrogen and oxygen atoms in total. The van der Waals surface area contributed by atoms with Gasteiger partial charge in [0.15, 0.2) is 0 Å². The third kappa shape index (κ3) is 7.49. The number of nitrogens with one attached hydrogen (secondary N) is 1. The molecule has 37 heavy (non-hydrogen) atoms. The zero-order valence-electron chi connectivity index (χ0n) is 22.6. The van der Waals surface area contributed by atoms with Crippen molar-refractivity contribution in [2.24, 2.45) is 5.92 Å². The Hall–Kier alpha value is -3.03. The lowest BCUT2D eigenvalue weighted by molar-refractivity contribution is -0.136. The van der Waals surface area contributed by atoms with Gasteiger partial charge in [0, 0.05) is 14.5 Å². The Balaban J connectivity index is 0.00000165. The first-order valence-corrected chi connectivity index (χ1v) is 13.5. The van der Waals surface area contributed by atoms with Gasteiger partial charge in [-0.1, -0.05) is 49.6 Å². The number of carbonyl (C=O) groups excluding carboxylic acids is 3. The van der Waals surface area contributed by atoms with Crippen LogP contribution in [0.1, 0.15) is 72.7 Å². The normalized spacial score (nSPS) is 22.4. The summed E-state index contributed by atoms with van der Waals surface area (Å²) in [6.45, 7) is 12.8. The van der Waals surface area contributed by atoms with Crippen molar-refractivity contribution in [1.82, 2.24) is 15.1 Å². The van der Waals surface area contributed by atoms with Gasteiger partial charge in [-0.3, -0.25) is 4.79 Å². The number of rotatable bonds is 5. The van der Waals surface area contributed by atoms with Crippen LogP contribution in [0.4, 0.5) is 9.59 Å². The van der Waals surface area contributed by atoms with Crippen LogP contribution in [0, 0.1) is 5.92 Å². The molecule has 206 valence electrons. The van der Waals surface area contributed by atoms with Crippen LogP contribution in [0.3, 0.4) is 0 Å². The maximum atomic E-state index is 13.8. The van der Waals surface area contributed by atoms with Crippen molar-refractivity contribution >= 4 is 18.1 Å². The van der Waals surface area contributed by atoms with Crippen molar-refractivity contribution in [1.29, 1.82) is 0 Å². The summed E-state index contributed by atoms with van der Waals surface area (Å²) in [5, 5.41) is 2.91. The predicted molar refractivity (Wildman–Crippen MR) is 145 cm³/mol. The first kappa shape index (κ1) is 28.5. The first-order chi connectivity index (χ1) is 17.7. The zero-order chi connectivity index (χ0) is 27.0. The van der Waals surface area contributed by atoms with Gasteiger partial charge < -0.3 is 24.6 Å². The predicted octanol–water partition coefficient (Wildman–Crippen LogP) is 5.52. The molecule has 8 heteroatoms. The van der Waals surface area contributed by atoms with E-state index in [0.717, 1.165) is 50.5 Å². The van der Waals surface area contributed by atoms with Crippen molar-refractivity contribution in [2.45, 2.75) is 96.1 Å². The number of alkyl carbamates (subject to hydrolysis) is 1. The number of amides is 3. The van der Waals surface area contributed by atoms with Gasteiger partial charge in [0.25, 0.3) is 0 Å². The summed E-state index contributed by atoms with van der Waals surface area (Å²) in [6.07, 6.45) is 5.72. The number of benzene rings is 1. The second-order valence-corrected chi connectivity index (χ2v) is 11.0. The average Bonchev–Trinajstić information content (AvgIpc) is 3.49. The molecule has 0 spiro atoms. The molecule has 1 saturated carbocycles. The number of likely N-dealkylation sites (tertiary alicyclic amines) is 2. The Morgan fingerprint density at radius 2 is 1.57 bits per heavy atom. The largest absolute Gasteiger partial charge is 0.445 e. The van der Waals surface area contributed by atoms with E-state index in [-0.39, 0.29) is 38.0 Å². The topological polar surface area (TPSA) is 88.2 Å². The van der Waals surface area contributed by atoms with Gasteiger partial charge in [0.2, 0.25) is 5.91 Å². The Morgan fingerprint density at radius 3 is 2.19 bits per heavy atom. The number of hydrogen-bond acceptors (Lipinski definition) is 5. The number of ether oxygens (including phenoxy) is 2. The van der Waals surface area contributed by atoms with Crippen molar-refractivity contribution in [3.63, 3.8) is 0 Å². The highest BCUT2D eigenvalue weighted by Crippen LogP contribution is 2.35. The monoisotopic (exact) mass is 515 g/mol. The Labute approximate surface area is 222 Å². The molecule has 2 aliphatic heterocycles. The minimum absolute atomic E-state index is 0. The highest BCUT2D eigenvalue weighted by atomic mass is 16.6. The summed E-state index contributed by atoms with van der Waals surface area (Å²) in [6, 6.07) is 8.95. The molecular weight excluding hydrogens is 470 g/mol. The molecule has 4 rings (SSSR count). The fraction of sp³-hybridized carbons (Fsp3) is 0.621. The Kier molecular flexibility index (Phi) is 10.0. The minimum Gasteiger partial charge on any atom is -0.445 e. The summed E-state index contributed by atoms with van der Waals surface area (Å²) in [7, 11) is 0. The Bertz CT molecular complexity index is 917. The van der Waals surface area contributed by atoms with E-state index in [1.807, 2.05) is 56.0 Å². The maximum absolute atomic E-state index is 13.8. The molecule has 3 aliphatic rings. The summed E-state index contributed by atoms with van der Waals surface area (Å²) in [4.78, 5) is 42.9. The molecule has 2 heterocycles. The molecule has 0 aromatic heterocycles. The maximum Gasteiger partial charge on any atom is 0.410 e. The second kappa shape index (κ2) is 13.0. The highest BCUT2D eigenvalue weighted by molar-refractivity contribution is 5.87. The third-order valence-corrected chi connectivity index (χ3v) is 7.36. The molecule has 2 saturated heterocycles. The van der Waals surface area contributed by atoms with Gasteiger partial charge in [-0.25, -0.2) is 9.59 Å². The average molecular weight is 516 g/mol. The number of fused-ring (bicyclic) bond motifs is 1. The second-order valence-electron chi connectivity index (χ2n) is 11.0. The highest BCUT2D eigenvalue weighted by Gasteiger charge is 2.49. The van der Waals surface area contributed by atoms with Crippen molar-refractivity contribution in [2.75, 3.05) is 13.1 Å². The van der Waals surface area contributed by atoms with E-state index in [0.29, 0.717) is 13.1 Å². The lowest BCUT2D eigenvalue weighted by atomic mass is 9.83. The molecule has 1 aromatic carbocycles. The smallest absolute Gasteiger partial charge is 0.410 e. The lowest BCUT2D eigenvalue weighted by Gasteiger charge is -2.35. The van der Waals surface area contributed by atoms with Crippen LogP contribution >= 0.6 is 0 Å². The third-order valence-electron chi connectivity index (χ3n) is 7.36. The van der Waals surface area contributed by atoms with Crippen molar-refractivity contribution < 1.29 is 25.3 Å². The molecule has 0 unspecified atom stereocenters. The first-order valence-electron chi connectivity index (χ1n) is 13.5. The van der Waals surface area contributed by atoms with E-state index in [1.54, 1.807) is 4.90 Å². The summed E-state index contributed by atoms with van der Waals surface area (Å²) < 4.78 is 11.0. The molecule has 1 aliphatic carbocycles. The van der Waals surface area contributed by atoms with E-state index < -0.39 is 17.7 Å². The SMILES string of the molecule is C=C.CC(C)(C)OC(=O)N[C@H](C(=O)N1CC[C@@H]2[C@H]1CCN2C(=O)OCc1ccccc1)C1CCCCC1.[HH]. The molecule has 0 bridgehead atoms. The standard InChI is InChI=1S/C27H39N3O5.C2H4.H2/c1-27(2,3)35-25(32)28-23(20-12-8-5-9-13-20)24(31)29-16-14-22-21(29)15-17-30(22)26(33)34-18-19-10-6-4-7-11-19;1-2;/h4,6-7,10-11,20-23H,5,8-9,12-18H2,1-3H3,(H,28,32);1-2H2;1H/t21-,22-,23+;;/m1../s1. The molecule has 3 amide bonds. The van der Waals surface area contributed by atoms with E-state index in [4.69, 9.17) is 9.47 Å². The summed E-state index contributed by atoms with van der Waals surface area (Å²) >= 11 is 0.